The predicted octanol–water partition coefficient (Wildman–Crippen LogP) is 4.57. The number of alkyl halides is 5. The lowest BCUT2D eigenvalue weighted by Crippen LogP contribution is -2.33. The summed E-state index contributed by atoms with van der Waals surface area (Å²) in [6.45, 7) is 0.819. The maximum absolute atomic E-state index is 12.8. The van der Waals surface area contributed by atoms with Crippen molar-refractivity contribution in [3.05, 3.63) is 35.4 Å². The van der Waals surface area contributed by atoms with Crippen LogP contribution in [0.2, 0.25) is 0 Å². The average Bonchev–Trinajstić information content (AvgIpc) is 2.35. The maximum Gasteiger partial charge on any atom is 0.392 e. The molecule has 1 fully saturated rings. The molecule has 22 heavy (non-hydrogen) atoms. The van der Waals surface area contributed by atoms with Crippen LogP contribution in [0.5, 0.6) is 0 Å². The standard InChI is InChI=1S/C15H15F5O2/c1-8(15(18,19)20)12(13(21)22)10-4-2-9(3-5-10)11-6-14(16,17)7-11/h2-5,8,11-12H,6-7H2,1H3,(H,21,22)/t8-,12?/m1/s1. The average molecular weight is 322 g/mol. The summed E-state index contributed by atoms with van der Waals surface area (Å²) < 4.78 is 63.9. The Hall–Kier alpha value is -1.66. The predicted molar refractivity (Wildman–Crippen MR) is 69.0 cm³/mol. The zero-order valence-electron chi connectivity index (χ0n) is 11.7. The van der Waals surface area contributed by atoms with Crippen LogP contribution in [0, 0.1) is 5.92 Å². The van der Waals surface area contributed by atoms with E-state index in [-0.39, 0.29) is 24.3 Å². The Morgan fingerprint density at radius 3 is 2.09 bits per heavy atom. The zero-order chi connectivity index (χ0) is 16.7. The highest BCUT2D eigenvalue weighted by molar-refractivity contribution is 5.76. The molecule has 2 nitrogen and oxygen atoms in total. The summed E-state index contributed by atoms with van der Waals surface area (Å²) in [5, 5.41) is 9.07. The molecule has 2 atom stereocenters. The fourth-order valence-electron chi connectivity index (χ4n) is 2.71. The van der Waals surface area contributed by atoms with Crippen LogP contribution < -0.4 is 0 Å². The summed E-state index contributed by atoms with van der Waals surface area (Å²) in [5.74, 6) is -8.32. The van der Waals surface area contributed by atoms with E-state index in [1.54, 1.807) is 0 Å². The molecule has 1 saturated carbocycles. The SMILES string of the molecule is C[C@H](C(C(=O)O)c1ccc(C2CC(F)(F)C2)cc1)C(F)(F)F. The molecule has 7 heteroatoms. The summed E-state index contributed by atoms with van der Waals surface area (Å²) in [6, 6.07) is 5.45. The Kier molecular flexibility index (Phi) is 4.19. The Labute approximate surface area is 123 Å². The lowest BCUT2D eigenvalue weighted by Gasteiger charge is -2.35. The van der Waals surface area contributed by atoms with Gasteiger partial charge in [-0.3, -0.25) is 4.79 Å². The number of carbonyl (C=O) groups is 1. The van der Waals surface area contributed by atoms with E-state index in [0.717, 1.165) is 6.92 Å². The molecule has 0 amide bonds. The van der Waals surface area contributed by atoms with Crippen LogP contribution in [0.15, 0.2) is 24.3 Å². The fourth-order valence-corrected chi connectivity index (χ4v) is 2.71. The van der Waals surface area contributed by atoms with E-state index < -0.39 is 29.9 Å². The van der Waals surface area contributed by atoms with Crippen molar-refractivity contribution in [2.45, 2.75) is 43.7 Å². The number of aliphatic carboxylic acids is 1. The molecule has 1 aromatic rings. The molecule has 0 radical (unpaired) electrons. The van der Waals surface area contributed by atoms with Gasteiger partial charge in [0.15, 0.2) is 0 Å². The molecule has 0 aliphatic heterocycles. The highest BCUT2D eigenvalue weighted by atomic mass is 19.4. The van der Waals surface area contributed by atoms with Gasteiger partial charge >= 0.3 is 12.1 Å². The third-order valence-electron chi connectivity index (χ3n) is 4.14. The second kappa shape index (κ2) is 5.52. The number of rotatable bonds is 4. The quantitative estimate of drug-likeness (QED) is 0.825. The number of carboxylic acid groups (broad SMARTS) is 1. The monoisotopic (exact) mass is 322 g/mol. The van der Waals surface area contributed by atoms with Crippen LogP contribution in [0.25, 0.3) is 0 Å². The van der Waals surface area contributed by atoms with E-state index in [1.807, 2.05) is 0 Å². The molecule has 1 aromatic carbocycles. The smallest absolute Gasteiger partial charge is 0.392 e. The third kappa shape index (κ3) is 3.39. The third-order valence-corrected chi connectivity index (χ3v) is 4.14. The molecule has 1 unspecified atom stereocenters. The summed E-state index contributed by atoms with van der Waals surface area (Å²) in [4.78, 5) is 11.2. The summed E-state index contributed by atoms with van der Waals surface area (Å²) in [6.07, 6.45) is -5.20. The molecule has 0 heterocycles. The first-order valence-corrected chi connectivity index (χ1v) is 6.78. The molecular weight excluding hydrogens is 307 g/mol. The molecule has 2 rings (SSSR count). The van der Waals surface area contributed by atoms with Crippen LogP contribution in [0.4, 0.5) is 22.0 Å². The first-order valence-electron chi connectivity index (χ1n) is 6.78. The maximum atomic E-state index is 12.8. The van der Waals surface area contributed by atoms with Crippen molar-refractivity contribution in [2.75, 3.05) is 0 Å². The Balaban J connectivity index is 2.18. The van der Waals surface area contributed by atoms with Gasteiger partial charge < -0.3 is 5.11 Å². The van der Waals surface area contributed by atoms with E-state index >= 15 is 0 Å². The highest BCUT2D eigenvalue weighted by Crippen LogP contribution is 2.48. The molecule has 0 saturated heterocycles. The van der Waals surface area contributed by atoms with Crippen molar-refractivity contribution in [2.24, 2.45) is 5.92 Å². The molecule has 0 bridgehead atoms. The second-order valence-electron chi connectivity index (χ2n) is 5.77. The number of halogens is 5. The van der Waals surface area contributed by atoms with Crippen LogP contribution in [0.1, 0.15) is 42.7 Å². The van der Waals surface area contributed by atoms with Gasteiger partial charge in [-0.2, -0.15) is 13.2 Å². The van der Waals surface area contributed by atoms with Gasteiger partial charge in [-0.05, 0) is 17.0 Å². The van der Waals surface area contributed by atoms with Crippen molar-refractivity contribution in [3.63, 3.8) is 0 Å². The first-order chi connectivity index (χ1) is 10.0. The summed E-state index contributed by atoms with van der Waals surface area (Å²) >= 11 is 0. The van der Waals surface area contributed by atoms with Crippen LogP contribution >= 0.6 is 0 Å². The number of benzene rings is 1. The van der Waals surface area contributed by atoms with Gasteiger partial charge in [0.1, 0.15) is 0 Å². The minimum atomic E-state index is -4.63. The van der Waals surface area contributed by atoms with Gasteiger partial charge in [-0.15, -0.1) is 0 Å². The first kappa shape index (κ1) is 16.7. The molecule has 122 valence electrons. The van der Waals surface area contributed by atoms with Crippen molar-refractivity contribution in [1.82, 2.24) is 0 Å². The number of hydrogen-bond acceptors (Lipinski definition) is 1. The van der Waals surface area contributed by atoms with Crippen LogP contribution in [-0.2, 0) is 4.79 Å². The fraction of sp³-hybridized carbons (Fsp3) is 0.533. The van der Waals surface area contributed by atoms with Gasteiger partial charge in [0, 0.05) is 12.8 Å². The Bertz CT molecular complexity index is 542. The van der Waals surface area contributed by atoms with Gasteiger partial charge in [-0.25, -0.2) is 8.78 Å². The summed E-state index contributed by atoms with van der Waals surface area (Å²) in [7, 11) is 0. The van der Waals surface area contributed by atoms with E-state index in [0.29, 0.717) is 5.56 Å². The van der Waals surface area contributed by atoms with Crippen molar-refractivity contribution >= 4 is 5.97 Å². The molecule has 1 N–H and O–H groups in total. The topological polar surface area (TPSA) is 37.3 Å². The van der Waals surface area contributed by atoms with E-state index in [9.17, 15) is 26.7 Å². The summed E-state index contributed by atoms with van der Waals surface area (Å²) in [5.41, 5.74) is 0.616. The molecule has 0 aromatic heterocycles. The lowest BCUT2D eigenvalue weighted by atomic mass is 9.76. The van der Waals surface area contributed by atoms with E-state index in [1.165, 1.54) is 24.3 Å². The lowest BCUT2D eigenvalue weighted by molar-refractivity contribution is -0.183. The van der Waals surface area contributed by atoms with Gasteiger partial charge in [0.05, 0.1) is 11.8 Å². The van der Waals surface area contributed by atoms with Gasteiger partial charge in [0.25, 0.3) is 0 Å². The Morgan fingerprint density at radius 1 is 1.23 bits per heavy atom. The molecule has 1 aliphatic carbocycles. The number of carboxylic acids is 1. The normalized spacial score (nSPS) is 21.0. The van der Waals surface area contributed by atoms with Crippen LogP contribution in [-0.4, -0.2) is 23.2 Å². The van der Waals surface area contributed by atoms with Gasteiger partial charge in [0.2, 0.25) is 5.92 Å². The van der Waals surface area contributed by atoms with Gasteiger partial charge in [-0.1, -0.05) is 31.2 Å². The molecule has 0 spiro atoms. The number of hydrogen-bond donors (Lipinski definition) is 1. The zero-order valence-corrected chi connectivity index (χ0v) is 11.7. The second-order valence-corrected chi connectivity index (χ2v) is 5.77. The molecular formula is C15H15F5O2. The van der Waals surface area contributed by atoms with Crippen molar-refractivity contribution in [1.29, 1.82) is 0 Å². The minimum Gasteiger partial charge on any atom is -0.481 e. The highest BCUT2D eigenvalue weighted by Gasteiger charge is 2.47. The largest absolute Gasteiger partial charge is 0.481 e. The van der Waals surface area contributed by atoms with Crippen LogP contribution in [0.3, 0.4) is 0 Å². The molecule has 1 aliphatic rings. The van der Waals surface area contributed by atoms with Crippen molar-refractivity contribution in [3.8, 4) is 0 Å². The van der Waals surface area contributed by atoms with E-state index in [4.69, 9.17) is 5.11 Å². The van der Waals surface area contributed by atoms with E-state index in [2.05, 4.69) is 0 Å². The minimum absolute atomic E-state index is 0.0205. The van der Waals surface area contributed by atoms with Crippen molar-refractivity contribution < 1.29 is 31.9 Å². The Morgan fingerprint density at radius 2 is 1.73 bits per heavy atom.